The molecule has 2 heteroatoms. The first-order valence-electron chi connectivity index (χ1n) is 7.22. The highest BCUT2D eigenvalue weighted by Gasteiger charge is 2.16. The molecule has 0 atom stereocenters. The molecule has 1 saturated heterocycles. The van der Waals surface area contributed by atoms with E-state index < -0.39 is 0 Å². The van der Waals surface area contributed by atoms with Crippen molar-refractivity contribution >= 4 is 0 Å². The third-order valence-corrected chi connectivity index (χ3v) is 3.25. The molecule has 2 heterocycles. The quantitative estimate of drug-likeness (QED) is 0.759. The molecule has 1 aromatic carbocycles. The second kappa shape index (κ2) is 8.28. The molecule has 2 aliphatic rings. The van der Waals surface area contributed by atoms with Gasteiger partial charge in [-0.15, -0.1) is 0 Å². The molecule has 102 valence electrons. The Balaban J connectivity index is 0.000000174. The monoisotopic (exact) mass is 248 g/mol. The highest BCUT2D eigenvalue weighted by atomic mass is 15.2. The van der Waals surface area contributed by atoms with Crippen LogP contribution in [-0.2, 0) is 13.0 Å². The van der Waals surface area contributed by atoms with Crippen molar-refractivity contribution < 1.29 is 0 Å². The lowest BCUT2D eigenvalue weighted by molar-refractivity contribution is 0.149. The molecule has 1 fully saturated rings. The number of fused-ring (bicyclic) bond motifs is 1. The summed E-state index contributed by atoms with van der Waals surface area (Å²) < 4.78 is 0. The average Bonchev–Trinajstić information content (AvgIpc) is 2.41. The van der Waals surface area contributed by atoms with Crippen molar-refractivity contribution in [2.45, 2.75) is 33.7 Å². The Morgan fingerprint density at radius 3 is 2.17 bits per heavy atom. The van der Waals surface area contributed by atoms with Gasteiger partial charge in [0.2, 0.25) is 0 Å². The highest BCUT2D eigenvalue weighted by molar-refractivity contribution is 5.28. The second-order valence-corrected chi connectivity index (χ2v) is 5.02. The molecule has 1 aromatic rings. The summed E-state index contributed by atoms with van der Waals surface area (Å²) in [6.45, 7) is 11.1. The molecule has 0 aliphatic carbocycles. The number of hydrogen-bond acceptors (Lipinski definition) is 2. The lowest BCUT2D eigenvalue weighted by Gasteiger charge is -2.33. The SMILES string of the molecule is CC.CC1CN(C)C1.c1ccc2c(c1)CCNC2. The minimum absolute atomic E-state index is 0.968. The summed E-state index contributed by atoms with van der Waals surface area (Å²) in [4.78, 5) is 2.32. The average molecular weight is 248 g/mol. The summed E-state index contributed by atoms with van der Waals surface area (Å²) in [5.74, 6) is 0.968. The Morgan fingerprint density at radius 2 is 1.72 bits per heavy atom. The number of nitrogens with zero attached hydrogens (tertiary/aromatic N) is 1. The number of nitrogens with one attached hydrogen (secondary N) is 1. The van der Waals surface area contributed by atoms with E-state index in [0.29, 0.717) is 0 Å². The first kappa shape index (κ1) is 15.2. The van der Waals surface area contributed by atoms with Gasteiger partial charge in [0.25, 0.3) is 0 Å². The van der Waals surface area contributed by atoms with Gasteiger partial charge in [-0.1, -0.05) is 45.0 Å². The van der Waals surface area contributed by atoms with Crippen LogP contribution in [0.1, 0.15) is 31.9 Å². The predicted octanol–water partition coefficient (Wildman–Crippen LogP) is 2.93. The standard InChI is InChI=1S/C9H11N.C5H11N.C2H6/c1-2-4-9-7-10-6-5-8(9)3-1;1-5-3-6(2)4-5;1-2/h1-4,10H,5-7H2;5H,3-4H2,1-2H3;1-2H3. The topological polar surface area (TPSA) is 15.3 Å². The molecule has 3 rings (SSSR count). The van der Waals surface area contributed by atoms with E-state index in [9.17, 15) is 0 Å². The first-order valence-corrected chi connectivity index (χ1v) is 7.22. The van der Waals surface area contributed by atoms with Gasteiger partial charge in [-0.3, -0.25) is 0 Å². The van der Waals surface area contributed by atoms with Gasteiger partial charge in [0, 0.05) is 19.6 Å². The maximum Gasteiger partial charge on any atom is 0.0208 e. The number of rotatable bonds is 0. The van der Waals surface area contributed by atoms with Crippen LogP contribution in [0.4, 0.5) is 0 Å². The molecule has 2 aliphatic heterocycles. The van der Waals surface area contributed by atoms with Crippen molar-refractivity contribution in [2.24, 2.45) is 5.92 Å². The van der Waals surface area contributed by atoms with Crippen molar-refractivity contribution in [3.05, 3.63) is 35.4 Å². The van der Waals surface area contributed by atoms with Crippen molar-refractivity contribution in [3.63, 3.8) is 0 Å². The fraction of sp³-hybridized carbons (Fsp3) is 0.625. The highest BCUT2D eigenvalue weighted by Crippen LogP contribution is 2.11. The van der Waals surface area contributed by atoms with Crippen LogP contribution in [0.3, 0.4) is 0 Å². The van der Waals surface area contributed by atoms with Crippen molar-refractivity contribution in [3.8, 4) is 0 Å². The first-order chi connectivity index (χ1) is 8.75. The summed E-state index contributed by atoms with van der Waals surface area (Å²) in [6, 6.07) is 8.63. The Labute approximate surface area is 112 Å². The van der Waals surface area contributed by atoms with Gasteiger partial charge < -0.3 is 10.2 Å². The fourth-order valence-corrected chi connectivity index (χ4v) is 2.43. The zero-order valence-electron chi connectivity index (χ0n) is 12.4. The van der Waals surface area contributed by atoms with E-state index in [0.717, 1.165) is 19.0 Å². The smallest absolute Gasteiger partial charge is 0.0208 e. The minimum atomic E-state index is 0.968. The van der Waals surface area contributed by atoms with Gasteiger partial charge in [0.1, 0.15) is 0 Å². The van der Waals surface area contributed by atoms with E-state index in [1.807, 2.05) is 13.8 Å². The molecular formula is C16H28N2. The van der Waals surface area contributed by atoms with Gasteiger partial charge in [0.05, 0.1) is 0 Å². The summed E-state index contributed by atoms with van der Waals surface area (Å²) in [5.41, 5.74) is 2.98. The van der Waals surface area contributed by atoms with Crippen LogP contribution in [0.2, 0.25) is 0 Å². The molecule has 0 aromatic heterocycles. The van der Waals surface area contributed by atoms with Crippen LogP contribution in [0.25, 0.3) is 0 Å². The van der Waals surface area contributed by atoms with Crippen LogP contribution in [-0.4, -0.2) is 31.6 Å². The van der Waals surface area contributed by atoms with E-state index in [-0.39, 0.29) is 0 Å². The molecule has 0 unspecified atom stereocenters. The van der Waals surface area contributed by atoms with Crippen molar-refractivity contribution in [1.82, 2.24) is 10.2 Å². The molecular weight excluding hydrogens is 220 g/mol. The van der Waals surface area contributed by atoms with Gasteiger partial charge >= 0.3 is 0 Å². The zero-order valence-corrected chi connectivity index (χ0v) is 12.4. The summed E-state index contributed by atoms with van der Waals surface area (Å²) in [5, 5.41) is 3.34. The third-order valence-electron chi connectivity index (χ3n) is 3.25. The summed E-state index contributed by atoms with van der Waals surface area (Å²) in [6.07, 6.45) is 1.19. The van der Waals surface area contributed by atoms with Gasteiger partial charge in [0.15, 0.2) is 0 Å². The Bertz CT molecular complexity index is 299. The van der Waals surface area contributed by atoms with E-state index in [4.69, 9.17) is 0 Å². The lowest BCUT2D eigenvalue weighted by atomic mass is 10.0. The van der Waals surface area contributed by atoms with Crippen molar-refractivity contribution in [2.75, 3.05) is 26.7 Å². The maximum atomic E-state index is 3.34. The zero-order chi connectivity index (χ0) is 13.4. The van der Waals surface area contributed by atoms with Crippen LogP contribution in [0.5, 0.6) is 0 Å². The molecule has 18 heavy (non-hydrogen) atoms. The Kier molecular flexibility index (Phi) is 6.99. The normalized spacial score (nSPS) is 18.4. The second-order valence-electron chi connectivity index (χ2n) is 5.02. The minimum Gasteiger partial charge on any atom is -0.312 e. The molecule has 1 N–H and O–H groups in total. The maximum absolute atomic E-state index is 3.34. The van der Waals surface area contributed by atoms with E-state index in [1.54, 1.807) is 0 Å². The van der Waals surface area contributed by atoms with Gasteiger partial charge in [-0.05, 0) is 37.1 Å². The predicted molar refractivity (Wildman–Crippen MR) is 79.9 cm³/mol. The van der Waals surface area contributed by atoms with E-state index in [2.05, 4.69) is 48.5 Å². The van der Waals surface area contributed by atoms with Crippen LogP contribution < -0.4 is 5.32 Å². The molecule has 0 radical (unpaired) electrons. The fourth-order valence-electron chi connectivity index (χ4n) is 2.43. The number of benzene rings is 1. The van der Waals surface area contributed by atoms with Gasteiger partial charge in [-0.25, -0.2) is 0 Å². The molecule has 0 saturated carbocycles. The van der Waals surface area contributed by atoms with Crippen LogP contribution >= 0.6 is 0 Å². The number of likely N-dealkylation sites (tertiary alicyclic amines) is 1. The largest absolute Gasteiger partial charge is 0.312 e. The third kappa shape index (κ3) is 4.79. The van der Waals surface area contributed by atoms with Crippen molar-refractivity contribution in [1.29, 1.82) is 0 Å². The lowest BCUT2D eigenvalue weighted by Crippen LogP contribution is -2.41. The van der Waals surface area contributed by atoms with Gasteiger partial charge in [-0.2, -0.15) is 0 Å². The number of hydrogen-bond donors (Lipinski definition) is 1. The Morgan fingerprint density at radius 1 is 1.11 bits per heavy atom. The molecule has 2 nitrogen and oxygen atoms in total. The van der Waals surface area contributed by atoms with E-state index >= 15 is 0 Å². The summed E-state index contributed by atoms with van der Waals surface area (Å²) >= 11 is 0. The van der Waals surface area contributed by atoms with E-state index in [1.165, 1.54) is 30.6 Å². The molecule has 0 bridgehead atoms. The Hall–Kier alpha value is -0.860. The molecule has 0 spiro atoms. The summed E-state index contributed by atoms with van der Waals surface area (Å²) in [7, 11) is 2.15. The van der Waals surface area contributed by atoms with Crippen LogP contribution in [0.15, 0.2) is 24.3 Å². The molecule has 0 amide bonds. The van der Waals surface area contributed by atoms with Crippen LogP contribution in [0, 0.1) is 5.92 Å².